The Hall–Kier alpha value is -1.54. The molecule has 1 atom stereocenters. The lowest BCUT2D eigenvalue weighted by Crippen LogP contribution is -2.49. The first-order chi connectivity index (χ1) is 12.4. The average molecular weight is 381 g/mol. The van der Waals surface area contributed by atoms with E-state index in [1.54, 1.807) is 6.92 Å². The molecular formula is C18H28N4O3S. The van der Waals surface area contributed by atoms with Gasteiger partial charge in [-0.2, -0.15) is 8.75 Å². The monoisotopic (exact) mass is 380 g/mol. The molecule has 1 unspecified atom stereocenters. The zero-order chi connectivity index (χ0) is 18.7. The first kappa shape index (κ1) is 19.2. The molecule has 0 bridgehead atoms. The lowest BCUT2D eigenvalue weighted by atomic mass is 9.87. The Morgan fingerprint density at radius 2 is 2.04 bits per heavy atom. The molecule has 0 radical (unpaired) electrons. The van der Waals surface area contributed by atoms with Crippen LogP contribution in [-0.2, 0) is 9.53 Å². The zero-order valence-corrected chi connectivity index (χ0v) is 16.7. The summed E-state index contributed by atoms with van der Waals surface area (Å²) in [6, 6.07) is 0. The Bertz CT molecular complexity index is 655. The van der Waals surface area contributed by atoms with Gasteiger partial charge in [0.15, 0.2) is 5.69 Å². The van der Waals surface area contributed by atoms with E-state index in [0.29, 0.717) is 62.8 Å². The molecule has 1 aromatic heterocycles. The van der Waals surface area contributed by atoms with Crippen molar-refractivity contribution in [2.45, 2.75) is 52.1 Å². The van der Waals surface area contributed by atoms with E-state index in [1.807, 2.05) is 9.80 Å². The molecule has 144 valence electrons. The first-order valence-electron chi connectivity index (χ1n) is 9.44. The molecule has 2 amide bonds. The van der Waals surface area contributed by atoms with Crippen molar-refractivity contribution >= 4 is 23.5 Å². The molecule has 2 aliphatic heterocycles. The molecule has 0 N–H and O–H groups in total. The molecule has 26 heavy (non-hydrogen) atoms. The number of aryl methyl sites for hydroxylation is 1. The van der Waals surface area contributed by atoms with Crippen molar-refractivity contribution in [3.05, 3.63) is 11.4 Å². The SMILES string of the molecule is CCC(C)CN1CCOC2(CCN(C(=O)c3nsnc3C)CC2)CC1=O. The third kappa shape index (κ3) is 4.06. The number of carbonyl (C=O) groups excluding carboxylic acids is 2. The molecule has 3 rings (SSSR count). The summed E-state index contributed by atoms with van der Waals surface area (Å²) >= 11 is 1.07. The van der Waals surface area contributed by atoms with Crippen LogP contribution in [0.3, 0.4) is 0 Å². The van der Waals surface area contributed by atoms with Crippen molar-refractivity contribution in [3.63, 3.8) is 0 Å². The number of carbonyl (C=O) groups is 2. The molecule has 0 aliphatic carbocycles. The highest BCUT2D eigenvalue weighted by Gasteiger charge is 2.42. The molecule has 2 aliphatic rings. The van der Waals surface area contributed by atoms with Crippen LogP contribution in [0.25, 0.3) is 0 Å². The van der Waals surface area contributed by atoms with Gasteiger partial charge in [0.25, 0.3) is 5.91 Å². The fourth-order valence-corrected chi connectivity index (χ4v) is 4.19. The maximum atomic E-state index is 12.7. The first-order valence-corrected chi connectivity index (χ1v) is 10.2. The average Bonchev–Trinajstić information content (AvgIpc) is 3.00. The molecule has 3 heterocycles. The van der Waals surface area contributed by atoms with Crippen LogP contribution in [0.5, 0.6) is 0 Å². The predicted molar refractivity (Wildman–Crippen MR) is 99.1 cm³/mol. The van der Waals surface area contributed by atoms with Crippen LogP contribution in [0, 0.1) is 12.8 Å². The van der Waals surface area contributed by atoms with E-state index in [2.05, 4.69) is 22.6 Å². The van der Waals surface area contributed by atoms with Gasteiger partial charge in [0.1, 0.15) is 0 Å². The van der Waals surface area contributed by atoms with Crippen LogP contribution < -0.4 is 0 Å². The van der Waals surface area contributed by atoms with E-state index in [4.69, 9.17) is 4.74 Å². The molecule has 1 spiro atoms. The predicted octanol–water partition coefficient (Wildman–Crippen LogP) is 2.12. The van der Waals surface area contributed by atoms with Gasteiger partial charge < -0.3 is 14.5 Å². The van der Waals surface area contributed by atoms with Gasteiger partial charge >= 0.3 is 0 Å². The van der Waals surface area contributed by atoms with E-state index in [9.17, 15) is 9.59 Å². The van der Waals surface area contributed by atoms with Gasteiger partial charge in [-0.15, -0.1) is 0 Å². The van der Waals surface area contributed by atoms with Crippen LogP contribution in [0.15, 0.2) is 0 Å². The minimum atomic E-state index is -0.423. The summed E-state index contributed by atoms with van der Waals surface area (Å²) in [5.74, 6) is 0.619. The number of piperidine rings is 1. The number of aromatic nitrogens is 2. The number of ether oxygens (including phenoxy) is 1. The minimum Gasteiger partial charge on any atom is -0.372 e. The number of likely N-dealkylation sites (tertiary alicyclic amines) is 1. The molecule has 8 heteroatoms. The second-order valence-electron chi connectivity index (χ2n) is 7.55. The number of hydrogen-bond donors (Lipinski definition) is 0. The standard InChI is InChI=1S/C18H28N4O3S/c1-4-13(2)12-22-9-10-25-18(11-15(22)23)5-7-21(8-6-18)17(24)16-14(3)19-26-20-16/h13H,4-12H2,1-3H3. The topological polar surface area (TPSA) is 75.6 Å². The summed E-state index contributed by atoms with van der Waals surface area (Å²) in [5.41, 5.74) is 0.707. The lowest BCUT2D eigenvalue weighted by Gasteiger charge is -2.40. The number of hydrogen-bond acceptors (Lipinski definition) is 6. The quantitative estimate of drug-likeness (QED) is 0.800. The van der Waals surface area contributed by atoms with Crippen LogP contribution in [0.2, 0.25) is 0 Å². The Morgan fingerprint density at radius 3 is 2.65 bits per heavy atom. The summed E-state index contributed by atoms with van der Waals surface area (Å²) in [5, 5.41) is 0. The van der Waals surface area contributed by atoms with Crippen LogP contribution >= 0.6 is 11.7 Å². The van der Waals surface area contributed by atoms with E-state index >= 15 is 0 Å². The van der Waals surface area contributed by atoms with E-state index in [1.165, 1.54) is 0 Å². The Balaban J connectivity index is 1.60. The smallest absolute Gasteiger partial charge is 0.275 e. The molecule has 2 saturated heterocycles. The Morgan fingerprint density at radius 1 is 1.31 bits per heavy atom. The highest BCUT2D eigenvalue weighted by Crippen LogP contribution is 2.33. The summed E-state index contributed by atoms with van der Waals surface area (Å²) in [6.07, 6.45) is 2.87. The number of rotatable bonds is 4. The second kappa shape index (κ2) is 8.00. The highest BCUT2D eigenvalue weighted by atomic mass is 32.1. The number of nitrogens with zero attached hydrogens (tertiary/aromatic N) is 4. The van der Waals surface area contributed by atoms with Crippen molar-refractivity contribution in [1.29, 1.82) is 0 Å². The van der Waals surface area contributed by atoms with Gasteiger partial charge in [-0.3, -0.25) is 9.59 Å². The van der Waals surface area contributed by atoms with Crippen LogP contribution in [0.1, 0.15) is 55.7 Å². The lowest BCUT2D eigenvalue weighted by molar-refractivity contribution is -0.135. The fraction of sp³-hybridized carbons (Fsp3) is 0.778. The number of amides is 2. The van der Waals surface area contributed by atoms with Gasteiger partial charge in [0, 0.05) is 26.2 Å². The van der Waals surface area contributed by atoms with E-state index in [0.717, 1.165) is 24.7 Å². The van der Waals surface area contributed by atoms with Crippen molar-refractivity contribution in [1.82, 2.24) is 18.5 Å². The Labute approximate surface area is 159 Å². The molecule has 2 fully saturated rings. The van der Waals surface area contributed by atoms with Crippen molar-refractivity contribution < 1.29 is 14.3 Å². The molecule has 7 nitrogen and oxygen atoms in total. The second-order valence-corrected chi connectivity index (χ2v) is 8.08. The van der Waals surface area contributed by atoms with Crippen molar-refractivity contribution in [2.75, 3.05) is 32.8 Å². The minimum absolute atomic E-state index is 0.0653. The molecular weight excluding hydrogens is 352 g/mol. The summed E-state index contributed by atoms with van der Waals surface area (Å²) < 4.78 is 14.4. The van der Waals surface area contributed by atoms with E-state index < -0.39 is 5.60 Å². The third-order valence-corrected chi connectivity index (χ3v) is 6.26. The maximum absolute atomic E-state index is 12.7. The zero-order valence-electron chi connectivity index (χ0n) is 15.9. The van der Waals surface area contributed by atoms with Crippen LogP contribution in [-0.4, -0.2) is 68.7 Å². The van der Waals surface area contributed by atoms with Crippen molar-refractivity contribution in [3.8, 4) is 0 Å². The molecule has 0 aromatic carbocycles. The molecule has 0 saturated carbocycles. The molecule has 1 aromatic rings. The summed E-state index contributed by atoms with van der Waals surface area (Å²) in [7, 11) is 0. The summed E-state index contributed by atoms with van der Waals surface area (Å²) in [4.78, 5) is 29.1. The van der Waals surface area contributed by atoms with Crippen LogP contribution in [0.4, 0.5) is 0 Å². The van der Waals surface area contributed by atoms with Gasteiger partial charge in [0.2, 0.25) is 5.91 Å². The maximum Gasteiger partial charge on any atom is 0.275 e. The van der Waals surface area contributed by atoms with E-state index in [-0.39, 0.29) is 11.8 Å². The van der Waals surface area contributed by atoms with Crippen molar-refractivity contribution in [2.24, 2.45) is 5.92 Å². The Kier molecular flexibility index (Phi) is 5.92. The van der Waals surface area contributed by atoms with Gasteiger partial charge in [-0.05, 0) is 25.7 Å². The normalized spacial score (nSPS) is 21.7. The largest absolute Gasteiger partial charge is 0.372 e. The van der Waals surface area contributed by atoms with Gasteiger partial charge in [-0.25, -0.2) is 0 Å². The van der Waals surface area contributed by atoms with Gasteiger partial charge in [0.05, 0.1) is 36.1 Å². The summed E-state index contributed by atoms with van der Waals surface area (Å²) in [6.45, 7) is 9.35. The fourth-order valence-electron chi connectivity index (χ4n) is 3.65. The third-order valence-electron chi connectivity index (χ3n) is 5.64. The van der Waals surface area contributed by atoms with Gasteiger partial charge in [-0.1, -0.05) is 20.3 Å². The highest BCUT2D eigenvalue weighted by molar-refractivity contribution is 6.99.